The molecule has 0 fully saturated rings. The van der Waals surface area contributed by atoms with E-state index < -0.39 is 0 Å². The molecule has 2 aromatic rings. The molecule has 1 amide bonds. The average Bonchev–Trinajstić information content (AvgIpc) is 2.39. The lowest BCUT2D eigenvalue weighted by molar-refractivity contribution is -0.118. The van der Waals surface area contributed by atoms with E-state index in [2.05, 4.69) is 10.3 Å². The van der Waals surface area contributed by atoms with Gasteiger partial charge in [-0.25, -0.2) is 0 Å². The van der Waals surface area contributed by atoms with Gasteiger partial charge in [-0.1, -0.05) is 24.6 Å². The lowest BCUT2D eigenvalue weighted by Crippen LogP contribution is -2.26. The van der Waals surface area contributed by atoms with Gasteiger partial charge in [-0.15, -0.1) is 0 Å². The van der Waals surface area contributed by atoms with Gasteiger partial charge in [-0.2, -0.15) is 0 Å². The van der Waals surface area contributed by atoms with E-state index in [-0.39, 0.29) is 18.4 Å². The maximum atomic E-state index is 11.2. The molecule has 0 saturated carbocycles. The molecule has 5 heteroatoms. The van der Waals surface area contributed by atoms with Crippen LogP contribution >= 0.6 is 11.6 Å². The Labute approximate surface area is 117 Å². The van der Waals surface area contributed by atoms with Crippen molar-refractivity contribution in [2.24, 2.45) is 5.73 Å². The Morgan fingerprint density at radius 2 is 2.26 bits per heavy atom. The molecule has 0 radical (unpaired) electrons. The standard InChI is InChI=1S/C14H16ClN3O/c1-2-17-12(8-13(16)19)10-5-6-11(15)9-4-3-7-18-14(9)10/h3-7,12,17H,2,8H2,1H3,(H2,16,19). The van der Waals surface area contributed by atoms with Crippen molar-refractivity contribution in [3.63, 3.8) is 0 Å². The predicted molar refractivity (Wildman–Crippen MR) is 77.0 cm³/mol. The maximum absolute atomic E-state index is 11.2. The lowest BCUT2D eigenvalue weighted by Gasteiger charge is -2.18. The second-order valence-electron chi connectivity index (χ2n) is 4.32. The van der Waals surface area contributed by atoms with Gasteiger partial charge in [0.05, 0.1) is 5.52 Å². The van der Waals surface area contributed by atoms with Gasteiger partial charge in [0.15, 0.2) is 0 Å². The van der Waals surface area contributed by atoms with Crippen LogP contribution in [0.3, 0.4) is 0 Å². The van der Waals surface area contributed by atoms with Crippen LogP contribution in [-0.4, -0.2) is 17.4 Å². The topological polar surface area (TPSA) is 68.0 Å². The van der Waals surface area contributed by atoms with Gasteiger partial charge >= 0.3 is 0 Å². The highest BCUT2D eigenvalue weighted by atomic mass is 35.5. The zero-order valence-electron chi connectivity index (χ0n) is 10.7. The summed E-state index contributed by atoms with van der Waals surface area (Å²) >= 11 is 6.16. The van der Waals surface area contributed by atoms with Crippen molar-refractivity contribution in [3.8, 4) is 0 Å². The second kappa shape index (κ2) is 5.99. The third kappa shape index (κ3) is 3.03. The van der Waals surface area contributed by atoms with E-state index in [9.17, 15) is 4.79 Å². The molecule has 0 aliphatic rings. The zero-order valence-corrected chi connectivity index (χ0v) is 11.4. The van der Waals surface area contributed by atoms with E-state index in [0.717, 1.165) is 23.0 Å². The van der Waals surface area contributed by atoms with Crippen LogP contribution in [0.15, 0.2) is 30.5 Å². The first-order valence-corrected chi connectivity index (χ1v) is 6.56. The zero-order chi connectivity index (χ0) is 13.8. The minimum atomic E-state index is -0.343. The number of halogens is 1. The molecule has 0 spiro atoms. The Morgan fingerprint density at radius 3 is 2.95 bits per heavy atom. The normalized spacial score (nSPS) is 12.5. The summed E-state index contributed by atoms with van der Waals surface area (Å²) in [5.74, 6) is -0.343. The van der Waals surface area contributed by atoms with Gasteiger partial charge in [0.2, 0.25) is 5.91 Å². The average molecular weight is 278 g/mol. The van der Waals surface area contributed by atoms with Crippen molar-refractivity contribution in [2.45, 2.75) is 19.4 Å². The number of pyridine rings is 1. The van der Waals surface area contributed by atoms with E-state index >= 15 is 0 Å². The number of hydrogen-bond donors (Lipinski definition) is 2. The van der Waals surface area contributed by atoms with Gasteiger partial charge in [-0.3, -0.25) is 9.78 Å². The number of rotatable bonds is 5. The molecule has 0 saturated heterocycles. The minimum absolute atomic E-state index is 0.142. The van der Waals surface area contributed by atoms with Crippen LogP contribution in [0.5, 0.6) is 0 Å². The summed E-state index contributed by atoms with van der Waals surface area (Å²) in [7, 11) is 0. The Hall–Kier alpha value is -1.65. The molecule has 3 N–H and O–H groups in total. The van der Waals surface area contributed by atoms with Crippen molar-refractivity contribution in [3.05, 3.63) is 41.0 Å². The van der Waals surface area contributed by atoms with E-state index in [4.69, 9.17) is 17.3 Å². The highest BCUT2D eigenvalue weighted by molar-refractivity contribution is 6.35. The first kappa shape index (κ1) is 13.8. The third-order valence-electron chi connectivity index (χ3n) is 2.98. The van der Waals surface area contributed by atoms with E-state index in [1.165, 1.54) is 0 Å². The van der Waals surface area contributed by atoms with Gasteiger partial charge in [0.1, 0.15) is 0 Å². The minimum Gasteiger partial charge on any atom is -0.370 e. The monoisotopic (exact) mass is 277 g/mol. The second-order valence-corrected chi connectivity index (χ2v) is 4.72. The first-order valence-electron chi connectivity index (χ1n) is 6.18. The fraction of sp³-hybridized carbons (Fsp3) is 0.286. The van der Waals surface area contributed by atoms with Gasteiger partial charge < -0.3 is 11.1 Å². The molecule has 0 aliphatic carbocycles. The van der Waals surface area contributed by atoms with Crippen molar-refractivity contribution in [1.82, 2.24) is 10.3 Å². The molecule has 19 heavy (non-hydrogen) atoms. The van der Waals surface area contributed by atoms with Crippen LogP contribution in [0.1, 0.15) is 24.9 Å². The van der Waals surface area contributed by atoms with Crippen molar-refractivity contribution < 1.29 is 4.79 Å². The molecule has 1 atom stereocenters. The summed E-state index contributed by atoms with van der Waals surface area (Å²) in [6.45, 7) is 2.73. The SMILES string of the molecule is CCNC(CC(N)=O)c1ccc(Cl)c2cccnc12. The summed E-state index contributed by atoms with van der Waals surface area (Å²) < 4.78 is 0. The smallest absolute Gasteiger partial charge is 0.219 e. The molecular weight excluding hydrogens is 262 g/mol. The molecule has 1 heterocycles. The maximum Gasteiger partial charge on any atom is 0.219 e. The van der Waals surface area contributed by atoms with Gasteiger partial charge in [0, 0.05) is 29.1 Å². The number of nitrogens with one attached hydrogen (secondary N) is 1. The number of nitrogens with two attached hydrogens (primary N) is 1. The number of carbonyl (C=O) groups excluding carboxylic acids is 1. The molecule has 2 rings (SSSR count). The fourth-order valence-corrected chi connectivity index (χ4v) is 2.40. The molecule has 100 valence electrons. The van der Waals surface area contributed by atoms with Crippen LogP contribution in [0.2, 0.25) is 5.02 Å². The number of primary amides is 1. The van der Waals surface area contributed by atoms with Gasteiger partial charge in [0.25, 0.3) is 0 Å². The number of aromatic nitrogens is 1. The number of carbonyl (C=O) groups is 1. The molecule has 1 aromatic heterocycles. The Kier molecular flexibility index (Phi) is 4.35. The summed E-state index contributed by atoms with van der Waals surface area (Å²) in [6.07, 6.45) is 1.95. The van der Waals surface area contributed by atoms with E-state index in [0.29, 0.717) is 5.02 Å². The Bertz CT molecular complexity index is 600. The molecular formula is C14H16ClN3O. The van der Waals surface area contributed by atoms with Crippen molar-refractivity contribution >= 4 is 28.4 Å². The molecule has 4 nitrogen and oxygen atoms in total. The first-order chi connectivity index (χ1) is 9.13. The van der Waals surface area contributed by atoms with Crippen LogP contribution < -0.4 is 11.1 Å². The van der Waals surface area contributed by atoms with Crippen LogP contribution in [0.25, 0.3) is 10.9 Å². The summed E-state index contributed by atoms with van der Waals surface area (Å²) in [4.78, 5) is 15.6. The number of nitrogens with zero attached hydrogens (tertiary/aromatic N) is 1. The largest absolute Gasteiger partial charge is 0.370 e. The molecule has 0 bridgehead atoms. The summed E-state index contributed by atoms with van der Waals surface area (Å²) in [5, 5.41) is 4.80. The highest BCUT2D eigenvalue weighted by Crippen LogP contribution is 2.29. The summed E-state index contributed by atoms with van der Waals surface area (Å²) in [6, 6.07) is 7.34. The fourth-order valence-electron chi connectivity index (χ4n) is 2.18. The highest BCUT2D eigenvalue weighted by Gasteiger charge is 2.17. The van der Waals surface area contributed by atoms with E-state index in [1.807, 2.05) is 31.2 Å². The number of benzene rings is 1. The number of fused-ring (bicyclic) bond motifs is 1. The number of amides is 1. The molecule has 0 aliphatic heterocycles. The van der Waals surface area contributed by atoms with Crippen molar-refractivity contribution in [1.29, 1.82) is 0 Å². The lowest BCUT2D eigenvalue weighted by atomic mass is 10.00. The Balaban J connectivity index is 2.53. The summed E-state index contributed by atoms with van der Waals surface area (Å²) in [5.41, 5.74) is 7.06. The van der Waals surface area contributed by atoms with E-state index in [1.54, 1.807) is 6.20 Å². The van der Waals surface area contributed by atoms with Crippen LogP contribution in [-0.2, 0) is 4.79 Å². The quantitative estimate of drug-likeness (QED) is 0.882. The molecule has 1 aromatic carbocycles. The molecule has 1 unspecified atom stereocenters. The van der Waals surface area contributed by atoms with Crippen LogP contribution in [0.4, 0.5) is 0 Å². The Morgan fingerprint density at radius 1 is 1.47 bits per heavy atom. The third-order valence-corrected chi connectivity index (χ3v) is 3.31. The van der Waals surface area contributed by atoms with Crippen molar-refractivity contribution in [2.75, 3.05) is 6.54 Å². The van der Waals surface area contributed by atoms with Gasteiger partial charge in [-0.05, 0) is 30.3 Å². The van der Waals surface area contributed by atoms with Crippen LogP contribution in [0, 0.1) is 0 Å². The number of hydrogen-bond acceptors (Lipinski definition) is 3. The predicted octanol–water partition coefficient (Wildman–Crippen LogP) is 2.41.